The van der Waals surface area contributed by atoms with Gasteiger partial charge in [0.25, 0.3) is 11.8 Å². The molecular formula is C31H47N5O5. The zero-order chi connectivity index (χ0) is 29.9. The lowest BCUT2D eigenvalue weighted by atomic mass is 10.0. The second-order valence-corrected chi connectivity index (χ2v) is 13.4. The van der Waals surface area contributed by atoms with Gasteiger partial charge in [-0.1, -0.05) is 26.0 Å². The van der Waals surface area contributed by atoms with Gasteiger partial charge in [0, 0.05) is 38.3 Å². The van der Waals surface area contributed by atoms with Crippen LogP contribution in [0.3, 0.4) is 0 Å². The smallest absolute Gasteiger partial charge is 0.258 e. The maximum absolute atomic E-state index is 13.9. The van der Waals surface area contributed by atoms with E-state index in [1.807, 2.05) is 39.5 Å². The van der Waals surface area contributed by atoms with E-state index in [2.05, 4.69) is 22.6 Å². The van der Waals surface area contributed by atoms with E-state index < -0.39 is 23.5 Å². The summed E-state index contributed by atoms with van der Waals surface area (Å²) < 4.78 is 5.71. The minimum atomic E-state index is -0.778. The highest BCUT2D eigenvalue weighted by Gasteiger charge is 2.45. The van der Waals surface area contributed by atoms with Gasteiger partial charge in [-0.15, -0.1) is 0 Å². The van der Waals surface area contributed by atoms with Gasteiger partial charge in [0.1, 0.15) is 17.8 Å². The number of hydrogen-bond acceptors (Lipinski definition) is 6. The first-order chi connectivity index (χ1) is 19.3. The summed E-state index contributed by atoms with van der Waals surface area (Å²) in [6.07, 6.45) is 1.85. The van der Waals surface area contributed by atoms with Crippen molar-refractivity contribution in [2.24, 2.45) is 17.8 Å². The molecular weight excluding hydrogens is 522 g/mol. The number of nitrogens with one attached hydrogen (secondary N) is 2. The lowest BCUT2D eigenvalue weighted by molar-refractivity contribution is -0.144. The van der Waals surface area contributed by atoms with Crippen LogP contribution in [0.25, 0.3) is 0 Å². The third-order valence-corrected chi connectivity index (χ3v) is 8.12. The van der Waals surface area contributed by atoms with Crippen molar-refractivity contribution in [3.63, 3.8) is 0 Å². The van der Waals surface area contributed by atoms with E-state index in [4.69, 9.17) is 4.74 Å². The molecule has 4 rings (SSSR count). The van der Waals surface area contributed by atoms with Crippen LogP contribution in [0.2, 0.25) is 0 Å². The Hall–Kier alpha value is -3.14. The van der Waals surface area contributed by atoms with Crippen molar-refractivity contribution in [1.29, 1.82) is 0 Å². The Kier molecular flexibility index (Phi) is 9.62. The third-order valence-electron chi connectivity index (χ3n) is 8.12. The molecule has 3 fully saturated rings. The third kappa shape index (κ3) is 7.78. The molecule has 3 aliphatic heterocycles. The fourth-order valence-electron chi connectivity index (χ4n) is 6.41. The standard InChI is InChI=1S/C31H47N5O5/c1-20(2)14-24(32-28(38)23-10-7-8-12-26(23)41-19-27(37)33-31(3,4)5)29(39)36-13-9-11-25(36)30(40)35-17-21-15-34(6)16-22(21)18-35/h7-8,10,12,20-22,24-25H,9,11,13-19H2,1-6H3,(H,32,38)(H,33,37)/t21-,22+,24-,25-/m1/s1. The van der Waals surface area contributed by atoms with E-state index in [0.717, 1.165) is 32.6 Å². The van der Waals surface area contributed by atoms with Crippen LogP contribution < -0.4 is 15.4 Å². The van der Waals surface area contributed by atoms with E-state index in [1.165, 1.54) is 0 Å². The lowest BCUT2D eigenvalue weighted by Crippen LogP contribution is -2.54. The first-order valence-electron chi connectivity index (χ1n) is 14.9. The number of para-hydroxylation sites is 1. The van der Waals surface area contributed by atoms with Crippen molar-refractivity contribution in [2.75, 3.05) is 46.4 Å². The number of ether oxygens (including phenoxy) is 1. The summed E-state index contributed by atoms with van der Waals surface area (Å²) >= 11 is 0. The number of amides is 4. The van der Waals surface area contributed by atoms with Gasteiger partial charge in [-0.25, -0.2) is 0 Å². The maximum Gasteiger partial charge on any atom is 0.258 e. The molecule has 10 nitrogen and oxygen atoms in total. The van der Waals surface area contributed by atoms with Gasteiger partial charge in [-0.2, -0.15) is 0 Å². The number of benzene rings is 1. The largest absolute Gasteiger partial charge is 0.483 e. The highest BCUT2D eigenvalue weighted by Crippen LogP contribution is 2.32. The van der Waals surface area contributed by atoms with Gasteiger partial charge in [-0.3, -0.25) is 19.2 Å². The Morgan fingerprint density at radius 2 is 1.68 bits per heavy atom. The first-order valence-corrected chi connectivity index (χ1v) is 14.9. The zero-order valence-electron chi connectivity index (χ0n) is 25.4. The summed E-state index contributed by atoms with van der Waals surface area (Å²) in [6.45, 7) is 13.4. The fraction of sp³-hybridized carbons (Fsp3) is 0.677. The molecule has 4 atom stereocenters. The molecule has 10 heteroatoms. The average Bonchev–Trinajstić information content (AvgIpc) is 3.60. The summed E-state index contributed by atoms with van der Waals surface area (Å²) in [5.74, 6) is 0.495. The number of rotatable bonds is 9. The molecule has 3 saturated heterocycles. The molecule has 226 valence electrons. The van der Waals surface area contributed by atoms with Crippen LogP contribution in [-0.2, 0) is 14.4 Å². The number of hydrogen-bond donors (Lipinski definition) is 2. The van der Waals surface area contributed by atoms with Crippen molar-refractivity contribution in [3.05, 3.63) is 29.8 Å². The van der Waals surface area contributed by atoms with Crippen LogP contribution in [0.4, 0.5) is 0 Å². The molecule has 0 saturated carbocycles. The SMILES string of the molecule is CC(C)C[C@@H](NC(=O)c1ccccc1OCC(=O)NC(C)(C)C)C(=O)N1CCC[C@@H]1C(=O)N1C[C@H]2CN(C)C[C@H]2C1. The number of nitrogens with zero attached hydrogens (tertiary/aromatic N) is 3. The second kappa shape index (κ2) is 12.8. The zero-order valence-corrected chi connectivity index (χ0v) is 25.4. The molecule has 0 unspecified atom stereocenters. The summed E-state index contributed by atoms with van der Waals surface area (Å²) in [5.41, 5.74) is -0.152. The van der Waals surface area contributed by atoms with Crippen molar-refractivity contribution >= 4 is 23.6 Å². The molecule has 0 radical (unpaired) electrons. The summed E-state index contributed by atoms with van der Waals surface area (Å²) in [5, 5.41) is 5.77. The van der Waals surface area contributed by atoms with E-state index in [1.54, 1.807) is 29.2 Å². The number of likely N-dealkylation sites (tertiary alicyclic amines) is 3. The van der Waals surface area contributed by atoms with E-state index in [-0.39, 0.29) is 41.6 Å². The summed E-state index contributed by atoms with van der Waals surface area (Å²) in [6, 6.07) is 5.44. The van der Waals surface area contributed by atoms with Crippen molar-refractivity contribution in [3.8, 4) is 5.75 Å². The van der Waals surface area contributed by atoms with Crippen molar-refractivity contribution in [2.45, 2.75) is 71.5 Å². The Bertz CT molecular complexity index is 1120. The average molecular weight is 570 g/mol. The van der Waals surface area contributed by atoms with Crippen LogP contribution >= 0.6 is 0 Å². The van der Waals surface area contributed by atoms with Crippen LogP contribution in [0.15, 0.2) is 24.3 Å². The normalized spacial score (nSPS) is 23.4. The predicted molar refractivity (Wildman–Crippen MR) is 156 cm³/mol. The molecule has 1 aromatic rings. The van der Waals surface area contributed by atoms with Gasteiger partial charge in [0.05, 0.1) is 5.56 Å². The molecule has 2 N–H and O–H groups in total. The van der Waals surface area contributed by atoms with Crippen LogP contribution in [-0.4, -0.2) is 102 Å². The Balaban J connectivity index is 1.43. The molecule has 3 aliphatic rings. The van der Waals surface area contributed by atoms with E-state index >= 15 is 0 Å². The molecule has 3 heterocycles. The maximum atomic E-state index is 13.9. The van der Waals surface area contributed by atoms with E-state index in [0.29, 0.717) is 31.2 Å². The predicted octanol–water partition coefficient (Wildman–Crippen LogP) is 2.14. The Morgan fingerprint density at radius 3 is 2.32 bits per heavy atom. The van der Waals surface area contributed by atoms with Crippen molar-refractivity contribution < 1.29 is 23.9 Å². The number of carbonyl (C=O) groups is 4. The topological polar surface area (TPSA) is 111 Å². The van der Waals surface area contributed by atoms with Crippen LogP contribution in [0.1, 0.15) is 64.2 Å². The van der Waals surface area contributed by atoms with Gasteiger partial charge in [-0.05, 0) is 77.0 Å². The molecule has 0 aromatic heterocycles. The molecule has 0 bridgehead atoms. The monoisotopic (exact) mass is 569 g/mol. The first kappa shape index (κ1) is 30.8. The summed E-state index contributed by atoms with van der Waals surface area (Å²) in [7, 11) is 2.12. The van der Waals surface area contributed by atoms with Gasteiger partial charge < -0.3 is 30.1 Å². The molecule has 0 spiro atoms. The van der Waals surface area contributed by atoms with Gasteiger partial charge in [0.2, 0.25) is 11.8 Å². The fourth-order valence-corrected chi connectivity index (χ4v) is 6.41. The summed E-state index contributed by atoms with van der Waals surface area (Å²) in [4.78, 5) is 59.2. The Labute approximate surface area is 244 Å². The minimum absolute atomic E-state index is 0.0369. The number of carbonyl (C=O) groups excluding carboxylic acids is 4. The molecule has 0 aliphatic carbocycles. The van der Waals surface area contributed by atoms with Gasteiger partial charge >= 0.3 is 0 Å². The minimum Gasteiger partial charge on any atom is -0.483 e. The molecule has 1 aromatic carbocycles. The number of fused-ring (bicyclic) bond motifs is 1. The highest BCUT2D eigenvalue weighted by molar-refractivity contribution is 6.00. The van der Waals surface area contributed by atoms with E-state index in [9.17, 15) is 19.2 Å². The highest BCUT2D eigenvalue weighted by atomic mass is 16.5. The molecule has 4 amide bonds. The van der Waals surface area contributed by atoms with Gasteiger partial charge in [0.15, 0.2) is 6.61 Å². The Morgan fingerprint density at radius 1 is 1.02 bits per heavy atom. The molecule has 41 heavy (non-hydrogen) atoms. The van der Waals surface area contributed by atoms with Crippen LogP contribution in [0, 0.1) is 17.8 Å². The quantitative estimate of drug-likeness (QED) is 0.472. The second-order valence-electron chi connectivity index (χ2n) is 13.4. The van der Waals surface area contributed by atoms with Crippen LogP contribution in [0.5, 0.6) is 5.75 Å². The lowest BCUT2D eigenvalue weighted by Gasteiger charge is -2.32. The van der Waals surface area contributed by atoms with Crippen molar-refractivity contribution in [1.82, 2.24) is 25.3 Å².